The summed E-state index contributed by atoms with van der Waals surface area (Å²) >= 11 is 0. The molecule has 1 saturated heterocycles. The molecule has 0 amide bonds. The third-order valence-electron chi connectivity index (χ3n) is 5.46. The molecule has 0 spiro atoms. The summed E-state index contributed by atoms with van der Waals surface area (Å²) in [6.45, 7) is 8.16. The average molecular weight is 377 g/mol. The average Bonchev–Trinajstić information content (AvgIpc) is 2.72. The molecule has 2 aliphatic rings. The largest absolute Gasteiger partial charge is 0.370 e. The van der Waals surface area contributed by atoms with Gasteiger partial charge in [0.15, 0.2) is 0 Å². The third-order valence-corrected chi connectivity index (χ3v) is 5.46. The molecule has 7 heteroatoms. The summed E-state index contributed by atoms with van der Waals surface area (Å²) in [5.41, 5.74) is 4.11. The molecule has 0 atom stereocenters. The molecule has 1 fully saturated rings. The van der Waals surface area contributed by atoms with Gasteiger partial charge in [-0.15, -0.1) is 0 Å². The van der Waals surface area contributed by atoms with Crippen LogP contribution < -0.4 is 15.1 Å². The number of hydrogen-bond donors (Lipinski definition) is 1. The lowest BCUT2D eigenvalue weighted by atomic mass is 9.95. The maximum atomic E-state index is 9.64. The first kappa shape index (κ1) is 18.5. The standard InChI is InChI=1S/C21H27N7/c1-3-23-19-12-15(2)24-21(26-19)28-10-8-27(9-11-28)20-17(14-22)13-16-6-4-5-7-18(16)25-20/h12-13H,3-11H2,1-2H3,(H,23,24,26). The number of nitriles is 1. The second-order valence-corrected chi connectivity index (χ2v) is 7.48. The van der Waals surface area contributed by atoms with Crippen molar-refractivity contribution in [1.29, 1.82) is 5.26 Å². The van der Waals surface area contributed by atoms with Gasteiger partial charge in [0.2, 0.25) is 5.95 Å². The maximum Gasteiger partial charge on any atom is 0.227 e. The summed E-state index contributed by atoms with van der Waals surface area (Å²) in [7, 11) is 0. The fourth-order valence-corrected chi connectivity index (χ4v) is 4.03. The summed E-state index contributed by atoms with van der Waals surface area (Å²) < 4.78 is 0. The van der Waals surface area contributed by atoms with Gasteiger partial charge >= 0.3 is 0 Å². The molecule has 0 saturated carbocycles. The Morgan fingerprint density at radius 3 is 2.54 bits per heavy atom. The van der Waals surface area contributed by atoms with Crippen molar-refractivity contribution < 1.29 is 0 Å². The number of aryl methyl sites for hydroxylation is 3. The van der Waals surface area contributed by atoms with E-state index in [9.17, 15) is 5.26 Å². The van der Waals surface area contributed by atoms with E-state index < -0.39 is 0 Å². The monoisotopic (exact) mass is 377 g/mol. The van der Waals surface area contributed by atoms with Crippen molar-refractivity contribution in [2.24, 2.45) is 0 Å². The quantitative estimate of drug-likeness (QED) is 0.877. The van der Waals surface area contributed by atoms with Crippen LogP contribution in [0, 0.1) is 18.3 Å². The zero-order valence-corrected chi connectivity index (χ0v) is 16.7. The van der Waals surface area contributed by atoms with Gasteiger partial charge in [-0.05, 0) is 51.2 Å². The van der Waals surface area contributed by atoms with Crippen LogP contribution in [-0.4, -0.2) is 47.7 Å². The Morgan fingerprint density at radius 1 is 1.04 bits per heavy atom. The number of fused-ring (bicyclic) bond motifs is 1. The normalized spacial score (nSPS) is 16.5. The molecule has 0 bridgehead atoms. The summed E-state index contributed by atoms with van der Waals surface area (Å²) in [5.74, 6) is 2.49. The molecule has 146 valence electrons. The SMILES string of the molecule is CCNc1cc(C)nc(N2CCN(c3nc4c(cc3C#N)CCCC4)CC2)n1. The van der Waals surface area contributed by atoms with Gasteiger partial charge in [0.25, 0.3) is 0 Å². The Labute approximate surface area is 166 Å². The number of rotatable bonds is 4. The van der Waals surface area contributed by atoms with Crippen molar-refractivity contribution in [2.45, 2.75) is 39.5 Å². The first-order chi connectivity index (χ1) is 13.7. The summed E-state index contributed by atoms with van der Waals surface area (Å²) in [6, 6.07) is 6.40. The second-order valence-electron chi connectivity index (χ2n) is 7.48. The van der Waals surface area contributed by atoms with Crippen LogP contribution in [-0.2, 0) is 12.8 Å². The zero-order chi connectivity index (χ0) is 19.5. The second kappa shape index (κ2) is 8.01. The Morgan fingerprint density at radius 2 is 1.79 bits per heavy atom. The predicted octanol–water partition coefficient (Wildman–Crippen LogP) is 2.69. The minimum absolute atomic E-state index is 0.704. The van der Waals surface area contributed by atoms with E-state index in [1.54, 1.807) is 0 Å². The van der Waals surface area contributed by atoms with Crippen LogP contribution in [0.15, 0.2) is 12.1 Å². The smallest absolute Gasteiger partial charge is 0.227 e. The molecule has 0 aromatic carbocycles. The Bertz CT molecular complexity index is 894. The van der Waals surface area contributed by atoms with Crippen molar-refractivity contribution in [3.63, 3.8) is 0 Å². The molecule has 1 aliphatic heterocycles. The number of hydrogen-bond acceptors (Lipinski definition) is 7. The van der Waals surface area contributed by atoms with Crippen molar-refractivity contribution in [3.05, 3.63) is 34.6 Å². The molecule has 0 unspecified atom stereocenters. The maximum absolute atomic E-state index is 9.64. The minimum Gasteiger partial charge on any atom is -0.370 e. The molecule has 0 radical (unpaired) electrons. The van der Waals surface area contributed by atoms with Crippen LogP contribution in [0.25, 0.3) is 0 Å². The lowest BCUT2D eigenvalue weighted by molar-refractivity contribution is 0.625. The minimum atomic E-state index is 0.704. The van der Waals surface area contributed by atoms with Gasteiger partial charge in [0.1, 0.15) is 17.7 Å². The highest BCUT2D eigenvalue weighted by molar-refractivity contribution is 5.57. The summed E-state index contributed by atoms with van der Waals surface area (Å²) in [5, 5.41) is 12.9. The highest BCUT2D eigenvalue weighted by Gasteiger charge is 2.24. The van der Waals surface area contributed by atoms with Gasteiger partial charge in [0, 0.05) is 50.2 Å². The molecular weight excluding hydrogens is 350 g/mol. The van der Waals surface area contributed by atoms with E-state index in [0.717, 1.165) is 68.8 Å². The highest BCUT2D eigenvalue weighted by Crippen LogP contribution is 2.27. The van der Waals surface area contributed by atoms with Crippen LogP contribution in [0.2, 0.25) is 0 Å². The Balaban J connectivity index is 1.51. The van der Waals surface area contributed by atoms with E-state index in [1.165, 1.54) is 24.1 Å². The first-order valence-electron chi connectivity index (χ1n) is 10.2. The molecule has 7 nitrogen and oxygen atoms in total. The van der Waals surface area contributed by atoms with Gasteiger partial charge < -0.3 is 15.1 Å². The van der Waals surface area contributed by atoms with Crippen molar-refractivity contribution in [2.75, 3.05) is 47.8 Å². The van der Waals surface area contributed by atoms with Crippen molar-refractivity contribution in [1.82, 2.24) is 15.0 Å². The van der Waals surface area contributed by atoms with E-state index in [2.05, 4.69) is 44.1 Å². The highest BCUT2D eigenvalue weighted by atomic mass is 15.3. The van der Waals surface area contributed by atoms with E-state index in [1.807, 2.05) is 13.0 Å². The molecule has 3 heterocycles. The predicted molar refractivity (Wildman–Crippen MR) is 111 cm³/mol. The van der Waals surface area contributed by atoms with E-state index in [4.69, 9.17) is 4.98 Å². The van der Waals surface area contributed by atoms with Gasteiger partial charge in [-0.1, -0.05) is 0 Å². The molecule has 1 N–H and O–H groups in total. The molecule has 4 rings (SSSR count). The van der Waals surface area contributed by atoms with Crippen LogP contribution in [0.5, 0.6) is 0 Å². The number of piperazine rings is 1. The van der Waals surface area contributed by atoms with Gasteiger partial charge in [-0.25, -0.2) is 9.97 Å². The Hall–Kier alpha value is -2.88. The van der Waals surface area contributed by atoms with Crippen LogP contribution in [0.4, 0.5) is 17.6 Å². The molecular formula is C21H27N7. The molecule has 2 aromatic heterocycles. The number of anilines is 3. The van der Waals surface area contributed by atoms with Crippen LogP contribution in [0.1, 0.15) is 42.3 Å². The van der Waals surface area contributed by atoms with Crippen LogP contribution in [0.3, 0.4) is 0 Å². The lowest BCUT2D eigenvalue weighted by Crippen LogP contribution is -2.47. The summed E-state index contributed by atoms with van der Waals surface area (Å²) in [4.78, 5) is 18.6. The fourth-order valence-electron chi connectivity index (χ4n) is 4.03. The van der Waals surface area contributed by atoms with Crippen molar-refractivity contribution >= 4 is 17.6 Å². The fraction of sp³-hybridized carbons (Fsp3) is 0.524. The number of aromatic nitrogens is 3. The molecule has 1 aliphatic carbocycles. The van der Waals surface area contributed by atoms with E-state index in [0.29, 0.717) is 5.56 Å². The molecule has 2 aromatic rings. The molecule has 28 heavy (non-hydrogen) atoms. The van der Waals surface area contributed by atoms with Gasteiger partial charge in [-0.3, -0.25) is 0 Å². The first-order valence-corrected chi connectivity index (χ1v) is 10.2. The topological polar surface area (TPSA) is 81.0 Å². The third kappa shape index (κ3) is 3.72. The number of nitrogens with zero attached hydrogens (tertiary/aromatic N) is 6. The van der Waals surface area contributed by atoms with E-state index in [-0.39, 0.29) is 0 Å². The summed E-state index contributed by atoms with van der Waals surface area (Å²) in [6.07, 6.45) is 4.46. The Kier molecular flexibility index (Phi) is 5.29. The number of nitrogens with one attached hydrogen (secondary N) is 1. The van der Waals surface area contributed by atoms with Gasteiger partial charge in [-0.2, -0.15) is 10.2 Å². The van der Waals surface area contributed by atoms with Crippen LogP contribution >= 0.6 is 0 Å². The van der Waals surface area contributed by atoms with Gasteiger partial charge in [0.05, 0.1) is 5.56 Å². The van der Waals surface area contributed by atoms with E-state index >= 15 is 0 Å². The lowest BCUT2D eigenvalue weighted by Gasteiger charge is -2.36. The zero-order valence-electron chi connectivity index (χ0n) is 16.7. The number of pyridine rings is 1. The van der Waals surface area contributed by atoms with Crippen molar-refractivity contribution in [3.8, 4) is 6.07 Å².